The first-order chi connectivity index (χ1) is 12.5. The van der Waals surface area contributed by atoms with Crippen LogP contribution in [0.1, 0.15) is 35.3 Å². The molecule has 1 amide bonds. The van der Waals surface area contributed by atoms with Gasteiger partial charge in [-0.05, 0) is 36.1 Å². The molecule has 7 heteroatoms. The Morgan fingerprint density at radius 2 is 2.12 bits per heavy atom. The summed E-state index contributed by atoms with van der Waals surface area (Å²) in [7, 11) is 1.39. The van der Waals surface area contributed by atoms with Gasteiger partial charge in [0.2, 0.25) is 0 Å². The average molecular weight is 379 g/mol. The van der Waals surface area contributed by atoms with Gasteiger partial charge < -0.3 is 14.6 Å². The van der Waals surface area contributed by atoms with Gasteiger partial charge in [0.1, 0.15) is 5.69 Å². The first kappa shape index (κ1) is 18.5. The van der Waals surface area contributed by atoms with Gasteiger partial charge in [-0.2, -0.15) is 0 Å². The number of methoxy groups -OCH3 is 1. The molecule has 1 heterocycles. The fourth-order valence-corrected chi connectivity index (χ4v) is 3.06. The van der Waals surface area contributed by atoms with Crippen LogP contribution in [0.2, 0.25) is 5.02 Å². The molecule has 5 nitrogen and oxygen atoms in total. The van der Waals surface area contributed by atoms with Gasteiger partial charge in [0, 0.05) is 19.2 Å². The molecule has 1 saturated carbocycles. The van der Waals surface area contributed by atoms with Gasteiger partial charge in [-0.15, -0.1) is 0 Å². The molecule has 138 valence electrons. The van der Waals surface area contributed by atoms with Gasteiger partial charge in [-0.3, -0.25) is 9.59 Å². The number of carbonyl (C=O) groups excluding carboxylic acids is 1. The summed E-state index contributed by atoms with van der Waals surface area (Å²) >= 11 is 6.18. The molecule has 1 aliphatic rings. The van der Waals surface area contributed by atoms with Crippen LogP contribution in [0.3, 0.4) is 0 Å². The maximum absolute atomic E-state index is 13.8. The van der Waals surface area contributed by atoms with Crippen molar-refractivity contribution in [2.45, 2.75) is 32.4 Å². The number of hydrogen-bond acceptors (Lipinski definition) is 3. The Labute approximate surface area is 155 Å². The van der Waals surface area contributed by atoms with Gasteiger partial charge in [0.25, 0.3) is 11.5 Å². The van der Waals surface area contributed by atoms with E-state index in [2.05, 4.69) is 5.32 Å². The van der Waals surface area contributed by atoms with Gasteiger partial charge in [-0.1, -0.05) is 30.5 Å². The van der Waals surface area contributed by atoms with Crippen LogP contribution >= 0.6 is 11.6 Å². The maximum atomic E-state index is 13.8. The third-order valence-electron chi connectivity index (χ3n) is 4.48. The normalized spacial score (nSPS) is 13.5. The van der Waals surface area contributed by atoms with Crippen molar-refractivity contribution in [1.82, 2.24) is 9.88 Å². The molecule has 0 radical (unpaired) electrons. The van der Waals surface area contributed by atoms with Gasteiger partial charge >= 0.3 is 0 Å². The van der Waals surface area contributed by atoms with Crippen molar-refractivity contribution >= 4 is 17.5 Å². The highest BCUT2D eigenvalue weighted by Crippen LogP contribution is 2.32. The molecule has 0 atom stereocenters. The lowest BCUT2D eigenvalue weighted by Gasteiger charge is -2.14. The lowest BCUT2D eigenvalue weighted by atomic mass is 10.2. The fourth-order valence-electron chi connectivity index (χ4n) is 2.81. The van der Waals surface area contributed by atoms with Crippen LogP contribution < -0.4 is 15.6 Å². The number of hydrogen-bond donors (Lipinski definition) is 1. The maximum Gasteiger partial charge on any atom is 0.269 e. The van der Waals surface area contributed by atoms with Crippen LogP contribution in [0, 0.1) is 11.7 Å². The minimum atomic E-state index is -0.502. The average Bonchev–Trinajstić information content (AvgIpc) is 3.44. The van der Waals surface area contributed by atoms with Crippen molar-refractivity contribution in [3.8, 4) is 5.75 Å². The molecule has 0 bridgehead atoms. The van der Waals surface area contributed by atoms with E-state index in [1.807, 2.05) is 0 Å². The third kappa shape index (κ3) is 4.25. The van der Waals surface area contributed by atoms with E-state index in [0.717, 1.165) is 6.42 Å². The predicted octanol–water partition coefficient (Wildman–Crippen LogP) is 3.38. The van der Waals surface area contributed by atoms with Crippen molar-refractivity contribution in [2.24, 2.45) is 5.92 Å². The topological polar surface area (TPSA) is 60.3 Å². The summed E-state index contributed by atoms with van der Waals surface area (Å²) in [5.74, 6) is -0.197. The number of aromatic nitrogens is 1. The highest BCUT2D eigenvalue weighted by molar-refractivity contribution is 6.33. The number of nitrogens with one attached hydrogen (secondary N) is 1. The highest BCUT2D eigenvalue weighted by Gasteiger charge is 2.23. The van der Waals surface area contributed by atoms with Crippen molar-refractivity contribution in [2.75, 3.05) is 7.11 Å². The Morgan fingerprint density at radius 3 is 2.77 bits per heavy atom. The number of rotatable bonds is 7. The molecule has 0 saturated heterocycles. The zero-order valence-electron chi connectivity index (χ0n) is 14.4. The van der Waals surface area contributed by atoms with Crippen molar-refractivity contribution < 1.29 is 13.9 Å². The molecule has 1 aliphatic carbocycles. The standard InChI is InChI=1S/C19H20ClFN2O3/c1-26-16-6-4-13(10-15(16)21)11-22-19(25)18-14(20)5-7-17(24)23(18)9-8-12-2-3-12/h4-7,10,12H,2-3,8-9,11H2,1H3,(H,22,25). The minimum absolute atomic E-state index is 0.113. The van der Waals surface area contributed by atoms with Crippen LogP contribution in [0.5, 0.6) is 5.75 Å². The van der Waals surface area contributed by atoms with E-state index in [9.17, 15) is 14.0 Å². The first-order valence-electron chi connectivity index (χ1n) is 8.49. The second kappa shape index (κ2) is 7.91. The summed E-state index contributed by atoms with van der Waals surface area (Å²) < 4.78 is 20.1. The van der Waals surface area contributed by atoms with E-state index in [0.29, 0.717) is 18.0 Å². The second-order valence-electron chi connectivity index (χ2n) is 6.40. The van der Waals surface area contributed by atoms with E-state index >= 15 is 0 Å². The lowest BCUT2D eigenvalue weighted by molar-refractivity contribution is 0.0940. The van der Waals surface area contributed by atoms with Crippen LogP contribution in [-0.4, -0.2) is 17.6 Å². The SMILES string of the molecule is COc1ccc(CNC(=O)c2c(Cl)ccc(=O)n2CCC2CC2)cc1F. The molecule has 1 aromatic carbocycles. The van der Waals surface area contributed by atoms with Crippen LogP contribution in [-0.2, 0) is 13.1 Å². The number of benzene rings is 1. The smallest absolute Gasteiger partial charge is 0.269 e. The summed E-state index contributed by atoms with van der Waals surface area (Å²) in [4.78, 5) is 24.8. The summed E-state index contributed by atoms with van der Waals surface area (Å²) in [6.45, 7) is 0.575. The quantitative estimate of drug-likeness (QED) is 0.803. The summed E-state index contributed by atoms with van der Waals surface area (Å²) in [6.07, 6.45) is 3.18. The summed E-state index contributed by atoms with van der Waals surface area (Å²) in [5, 5.41) is 2.92. The molecule has 1 N–H and O–H groups in total. The highest BCUT2D eigenvalue weighted by atomic mass is 35.5. The number of halogens is 2. The Kier molecular flexibility index (Phi) is 5.61. The van der Waals surface area contributed by atoms with E-state index in [-0.39, 0.29) is 28.6 Å². The van der Waals surface area contributed by atoms with E-state index in [1.165, 1.54) is 48.8 Å². The Hall–Kier alpha value is -2.34. The van der Waals surface area contributed by atoms with Gasteiger partial charge in [0.05, 0.1) is 12.1 Å². The van der Waals surface area contributed by atoms with Crippen molar-refractivity contribution in [3.05, 3.63) is 62.8 Å². The molecule has 0 unspecified atom stereocenters. The Morgan fingerprint density at radius 1 is 1.35 bits per heavy atom. The Balaban J connectivity index is 1.75. The van der Waals surface area contributed by atoms with Crippen LogP contribution in [0.15, 0.2) is 35.1 Å². The molecular formula is C19H20ClFN2O3. The number of pyridine rings is 1. The largest absolute Gasteiger partial charge is 0.494 e. The minimum Gasteiger partial charge on any atom is -0.494 e. The predicted molar refractivity (Wildman–Crippen MR) is 97.2 cm³/mol. The molecule has 26 heavy (non-hydrogen) atoms. The Bertz CT molecular complexity index is 878. The zero-order chi connectivity index (χ0) is 18.7. The lowest BCUT2D eigenvalue weighted by Crippen LogP contribution is -2.32. The van der Waals surface area contributed by atoms with E-state index < -0.39 is 11.7 Å². The van der Waals surface area contributed by atoms with Gasteiger partial charge in [-0.25, -0.2) is 4.39 Å². The number of amides is 1. The van der Waals surface area contributed by atoms with Crippen molar-refractivity contribution in [1.29, 1.82) is 0 Å². The van der Waals surface area contributed by atoms with Gasteiger partial charge in [0.15, 0.2) is 11.6 Å². The number of carbonyl (C=O) groups is 1. The van der Waals surface area contributed by atoms with Crippen molar-refractivity contribution in [3.63, 3.8) is 0 Å². The molecule has 0 aliphatic heterocycles. The monoisotopic (exact) mass is 378 g/mol. The number of nitrogens with zero attached hydrogens (tertiary/aromatic N) is 1. The summed E-state index contributed by atoms with van der Waals surface area (Å²) in [6, 6.07) is 7.25. The molecule has 1 fully saturated rings. The summed E-state index contributed by atoms with van der Waals surface area (Å²) in [5.41, 5.74) is 0.472. The van der Waals surface area contributed by atoms with Crippen LogP contribution in [0.4, 0.5) is 4.39 Å². The molecular weight excluding hydrogens is 359 g/mol. The zero-order valence-corrected chi connectivity index (χ0v) is 15.2. The fraction of sp³-hybridized carbons (Fsp3) is 0.368. The number of ether oxygens (including phenoxy) is 1. The molecule has 0 spiro atoms. The molecule has 3 rings (SSSR count). The molecule has 2 aromatic rings. The van der Waals surface area contributed by atoms with E-state index in [4.69, 9.17) is 16.3 Å². The van der Waals surface area contributed by atoms with E-state index in [1.54, 1.807) is 6.07 Å². The second-order valence-corrected chi connectivity index (χ2v) is 6.81. The third-order valence-corrected chi connectivity index (χ3v) is 4.78. The van der Waals surface area contributed by atoms with Crippen LogP contribution in [0.25, 0.3) is 0 Å². The first-order valence-corrected chi connectivity index (χ1v) is 8.87. The molecule has 1 aromatic heterocycles.